The van der Waals surface area contributed by atoms with E-state index in [4.69, 9.17) is 4.74 Å². The zero-order valence-corrected chi connectivity index (χ0v) is 7.70. The SMILES string of the molecule is [CH2]CCCOCCCCC(F)(F)F. The summed E-state index contributed by atoms with van der Waals surface area (Å²) < 4.78 is 40.0. The summed E-state index contributed by atoms with van der Waals surface area (Å²) in [4.78, 5) is 0. The first-order valence-electron chi connectivity index (χ1n) is 4.50. The molecule has 4 heteroatoms. The predicted octanol–water partition coefficient (Wildman–Crippen LogP) is 3.35. The number of ether oxygens (including phenoxy) is 1. The van der Waals surface area contributed by atoms with Crippen LogP contribution in [0.4, 0.5) is 13.2 Å². The third-order valence-corrected chi connectivity index (χ3v) is 1.54. The third-order valence-electron chi connectivity index (χ3n) is 1.54. The molecule has 1 radical (unpaired) electrons. The van der Waals surface area contributed by atoms with Crippen molar-refractivity contribution in [2.24, 2.45) is 0 Å². The van der Waals surface area contributed by atoms with Gasteiger partial charge in [0.25, 0.3) is 0 Å². The highest BCUT2D eigenvalue weighted by atomic mass is 19.4. The molecule has 0 fully saturated rings. The monoisotopic (exact) mass is 197 g/mol. The molecule has 0 aliphatic heterocycles. The van der Waals surface area contributed by atoms with E-state index in [1.54, 1.807) is 0 Å². The lowest BCUT2D eigenvalue weighted by atomic mass is 10.2. The molecule has 0 bridgehead atoms. The van der Waals surface area contributed by atoms with Crippen molar-refractivity contribution >= 4 is 0 Å². The van der Waals surface area contributed by atoms with Crippen LogP contribution < -0.4 is 0 Å². The van der Waals surface area contributed by atoms with Gasteiger partial charge in [0, 0.05) is 19.6 Å². The van der Waals surface area contributed by atoms with Crippen molar-refractivity contribution in [3.8, 4) is 0 Å². The summed E-state index contributed by atoms with van der Waals surface area (Å²) in [6.07, 6.45) is -2.40. The van der Waals surface area contributed by atoms with E-state index in [0.717, 1.165) is 12.8 Å². The van der Waals surface area contributed by atoms with Crippen molar-refractivity contribution in [2.45, 2.75) is 38.3 Å². The molecule has 0 atom stereocenters. The van der Waals surface area contributed by atoms with Crippen LogP contribution in [-0.2, 0) is 4.74 Å². The van der Waals surface area contributed by atoms with Crippen molar-refractivity contribution in [3.05, 3.63) is 6.92 Å². The van der Waals surface area contributed by atoms with Crippen LogP contribution in [0.2, 0.25) is 0 Å². The molecule has 0 aromatic carbocycles. The molecule has 0 aliphatic rings. The fraction of sp³-hybridized carbons (Fsp3) is 0.889. The lowest BCUT2D eigenvalue weighted by Crippen LogP contribution is -2.07. The second-order valence-corrected chi connectivity index (χ2v) is 2.89. The molecule has 0 N–H and O–H groups in total. The first-order chi connectivity index (χ1) is 6.06. The van der Waals surface area contributed by atoms with E-state index in [9.17, 15) is 13.2 Å². The van der Waals surface area contributed by atoms with Crippen molar-refractivity contribution in [1.82, 2.24) is 0 Å². The molecule has 0 aromatic rings. The summed E-state index contributed by atoms with van der Waals surface area (Å²) in [6, 6.07) is 0. The average molecular weight is 197 g/mol. The highest BCUT2D eigenvalue weighted by molar-refractivity contribution is 4.50. The normalized spacial score (nSPS) is 12.0. The Morgan fingerprint density at radius 1 is 1.00 bits per heavy atom. The fourth-order valence-corrected chi connectivity index (χ4v) is 0.836. The number of halogens is 3. The Morgan fingerprint density at radius 3 is 2.15 bits per heavy atom. The van der Waals surface area contributed by atoms with Crippen LogP contribution in [0.3, 0.4) is 0 Å². The smallest absolute Gasteiger partial charge is 0.381 e. The van der Waals surface area contributed by atoms with Crippen LogP contribution in [0, 0.1) is 6.92 Å². The Labute approximate surface area is 77.3 Å². The largest absolute Gasteiger partial charge is 0.389 e. The van der Waals surface area contributed by atoms with E-state index in [2.05, 4.69) is 6.92 Å². The number of alkyl halides is 3. The van der Waals surface area contributed by atoms with Crippen molar-refractivity contribution < 1.29 is 17.9 Å². The molecule has 0 amide bonds. The van der Waals surface area contributed by atoms with Gasteiger partial charge in [-0.15, -0.1) is 0 Å². The van der Waals surface area contributed by atoms with E-state index in [-0.39, 0.29) is 6.42 Å². The summed E-state index contributed by atoms with van der Waals surface area (Å²) in [5.74, 6) is 0. The molecule has 0 heterocycles. The minimum absolute atomic E-state index is 0.161. The van der Waals surface area contributed by atoms with Gasteiger partial charge in [0.1, 0.15) is 0 Å². The van der Waals surface area contributed by atoms with Crippen LogP contribution in [0.15, 0.2) is 0 Å². The minimum atomic E-state index is -4.02. The summed E-state index contributed by atoms with van der Waals surface area (Å²) >= 11 is 0. The number of hydrogen-bond donors (Lipinski definition) is 0. The Bertz CT molecular complexity index is 112. The third kappa shape index (κ3) is 11.8. The van der Waals surface area contributed by atoms with Crippen molar-refractivity contribution in [3.63, 3.8) is 0 Å². The molecular formula is C9H16F3O. The molecule has 13 heavy (non-hydrogen) atoms. The molecule has 0 unspecified atom stereocenters. The van der Waals surface area contributed by atoms with E-state index in [1.165, 1.54) is 0 Å². The molecule has 0 aliphatic carbocycles. The zero-order chi connectivity index (χ0) is 10.2. The van der Waals surface area contributed by atoms with Gasteiger partial charge in [-0.2, -0.15) is 13.2 Å². The number of hydrogen-bond acceptors (Lipinski definition) is 1. The van der Waals surface area contributed by atoms with E-state index < -0.39 is 12.6 Å². The fourth-order valence-electron chi connectivity index (χ4n) is 0.836. The number of unbranched alkanes of at least 4 members (excludes halogenated alkanes) is 2. The summed E-state index contributed by atoms with van der Waals surface area (Å²) in [5.41, 5.74) is 0. The maximum absolute atomic E-state index is 11.6. The quantitative estimate of drug-likeness (QED) is 0.569. The van der Waals surface area contributed by atoms with Gasteiger partial charge in [-0.25, -0.2) is 0 Å². The summed E-state index contributed by atoms with van der Waals surface area (Å²) in [5, 5.41) is 0. The Hall–Kier alpha value is -0.250. The maximum Gasteiger partial charge on any atom is 0.389 e. The molecule has 0 aromatic heterocycles. The Morgan fingerprint density at radius 2 is 1.62 bits per heavy atom. The molecule has 0 saturated heterocycles. The van der Waals surface area contributed by atoms with Crippen LogP contribution in [0.25, 0.3) is 0 Å². The summed E-state index contributed by atoms with van der Waals surface area (Å²) in [7, 11) is 0. The van der Waals surface area contributed by atoms with E-state index in [0.29, 0.717) is 19.6 Å². The highest BCUT2D eigenvalue weighted by Gasteiger charge is 2.25. The molecule has 0 saturated carbocycles. The van der Waals surface area contributed by atoms with Gasteiger partial charge in [-0.1, -0.05) is 13.3 Å². The predicted molar refractivity (Wildman–Crippen MR) is 45.3 cm³/mol. The highest BCUT2D eigenvalue weighted by Crippen LogP contribution is 2.21. The first-order valence-corrected chi connectivity index (χ1v) is 4.50. The average Bonchev–Trinajstić information content (AvgIpc) is 2.01. The lowest BCUT2D eigenvalue weighted by molar-refractivity contribution is -0.136. The van der Waals surface area contributed by atoms with Gasteiger partial charge in [0.05, 0.1) is 0 Å². The van der Waals surface area contributed by atoms with Crippen molar-refractivity contribution in [1.29, 1.82) is 0 Å². The lowest BCUT2D eigenvalue weighted by Gasteiger charge is -2.05. The van der Waals surface area contributed by atoms with Crippen LogP contribution in [0.5, 0.6) is 0 Å². The van der Waals surface area contributed by atoms with Crippen LogP contribution >= 0.6 is 0 Å². The van der Waals surface area contributed by atoms with Gasteiger partial charge in [0.15, 0.2) is 0 Å². The molecular weight excluding hydrogens is 181 g/mol. The van der Waals surface area contributed by atoms with Crippen molar-refractivity contribution in [2.75, 3.05) is 13.2 Å². The second-order valence-electron chi connectivity index (χ2n) is 2.89. The van der Waals surface area contributed by atoms with Gasteiger partial charge in [-0.3, -0.25) is 0 Å². The maximum atomic E-state index is 11.6. The van der Waals surface area contributed by atoms with Crippen LogP contribution in [0.1, 0.15) is 32.1 Å². The standard InChI is InChI=1S/C9H16F3O/c1-2-3-7-13-8-5-4-6-9(10,11)12/h1-8H2. The van der Waals surface area contributed by atoms with Gasteiger partial charge >= 0.3 is 6.18 Å². The topological polar surface area (TPSA) is 9.23 Å². The van der Waals surface area contributed by atoms with E-state index >= 15 is 0 Å². The Balaban J connectivity index is 3.00. The molecule has 79 valence electrons. The molecule has 1 nitrogen and oxygen atoms in total. The van der Waals surface area contributed by atoms with Crippen LogP contribution in [-0.4, -0.2) is 19.4 Å². The minimum Gasteiger partial charge on any atom is -0.381 e. The summed E-state index contributed by atoms with van der Waals surface area (Å²) in [6.45, 7) is 4.66. The van der Waals surface area contributed by atoms with Gasteiger partial charge in [0.2, 0.25) is 0 Å². The second kappa shape index (κ2) is 7.18. The zero-order valence-electron chi connectivity index (χ0n) is 7.70. The number of rotatable bonds is 7. The Kier molecular flexibility index (Phi) is 7.04. The van der Waals surface area contributed by atoms with E-state index in [1.807, 2.05) is 0 Å². The molecule has 0 spiro atoms. The van der Waals surface area contributed by atoms with Gasteiger partial charge < -0.3 is 4.74 Å². The molecule has 0 rings (SSSR count). The first kappa shape index (κ1) is 12.8. The van der Waals surface area contributed by atoms with Gasteiger partial charge in [-0.05, 0) is 19.3 Å².